The summed E-state index contributed by atoms with van der Waals surface area (Å²) in [6, 6.07) is 5.18. The van der Waals surface area contributed by atoms with Crippen molar-refractivity contribution in [2.45, 2.75) is 24.8 Å². The number of nitrogens with one attached hydrogen (secondary N) is 1. The molecule has 1 aliphatic heterocycles. The van der Waals surface area contributed by atoms with Crippen LogP contribution in [0.15, 0.2) is 23.1 Å². The van der Waals surface area contributed by atoms with Gasteiger partial charge < -0.3 is 10.5 Å². The Labute approximate surface area is 114 Å². The van der Waals surface area contributed by atoms with Gasteiger partial charge in [0, 0.05) is 19.7 Å². The Bertz CT molecular complexity index is 537. The van der Waals surface area contributed by atoms with E-state index in [0.717, 1.165) is 24.2 Å². The molecule has 1 unspecified atom stereocenters. The lowest BCUT2D eigenvalue weighted by Gasteiger charge is -2.12. The van der Waals surface area contributed by atoms with Crippen molar-refractivity contribution in [3.8, 4) is 0 Å². The first kappa shape index (κ1) is 14.5. The summed E-state index contributed by atoms with van der Waals surface area (Å²) in [5, 5.41) is 0. The van der Waals surface area contributed by atoms with Gasteiger partial charge in [-0.15, -0.1) is 0 Å². The summed E-state index contributed by atoms with van der Waals surface area (Å²) in [5.41, 5.74) is 7.19. The number of aryl methyl sites for hydroxylation is 1. The molecule has 3 N–H and O–H groups in total. The van der Waals surface area contributed by atoms with Crippen LogP contribution in [0.1, 0.15) is 17.5 Å². The fraction of sp³-hybridized carbons (Fsp3) is 0.538. The number of benzene rings is 1. The molecule has 1 aliphatic rings. The lowest BCUT2D eigenvalue weighted by molar-refractivity contribution is 0.186. The Kier molecular flexibility index (Phi) is 4.57. The zero-order valence-corrected chi connectivity index (χ0v) is 11.9. The summed E-state index contributed by atoms with van der Waals surface area (Å²) >= 11 is 0. The molecule has 0 radical (unpaired) electrons. The van der Waals surface area contributed by atoms with Crippen LogP contribution in [0.5, 0.6) is 0 Å². The van der Waals surface area contributed by atoms with Crippen LogP contribution >= 0.6 is 0 Å². The van der Waals surface area contributed by atoms with Gasteiger partial charge in [0.2, 0.25) is 10.0 Å². The molecule has 0 bridgehead atoms. The van der Waals surface area contributed by atoms with Crippen molar-refractivity contribution < 1.29 is 13.2 Å². The summed E-state index contributed by atoms with van der Waals surface area (Å²) in [7, 11) is -3.45. The second-order valence-electron chi connectivity index (χ2n) is 4.89. The first-order valence-electron chi connectivity index (χ1n) is 6.40. The smallest absolute Gasteiger partial charge is 0.240 e. The van der Waals surface area contributed by atoms with Crippen LogP contribution < -0.4 is 10.5 Å². The van der Waals surface area contributed by atoms with E-state index >= 15 is 0 Å². The van der Waals surface area contributed by atoms with Gasteiger partial charge in [0.1, 0.15) is 0 Å². The summed E-state index contributed by atoms with van der Waals surface area (Å²) in [6.07, 6.45) is 0.910. The largest absolute Gasteiger partial charge is 0.381 e. The highest BCUT2D eigenvalue weighted by Crippen LogP contribution is 2.18. The van der Waals surface area contributed by atoms with Crippen LogP contribution in [-0.4, -0.2) is 28.2 Å². The second-order valence-corrected chi connectivity index (χ2v) is 6.62. The van der Waals surface area contributed by atoms with Crippen molar-refractivity contribution in [1.29, 1.82) is 0 Å². The van der Waals surface area contributed by atoms with E-state index in [4.69, 9.17) is 10.5 Å². The second kappa shape index (κ2) is 6.00. The highest BCUT2D eigenvalue weighted by atomic mass is 32.2. The van der Waals surface area contributed by atoms with Gasteiger partial charge in [0.15, 0.2) is 0 Å². The highest BCUT2D eigenvalue weighted by molar-refractivity contribution is 7.89. The van der Waals surface area contributed by atoms with E-state index in [1.54, 1.807) is 19.1 Å². The third-order valence-corrected chi connectivity index (χ3v) is 4.93. The predicted molar refractivity (Wildman–Crippen MR) is 73.2 cm³/mol. The fourth-order valence-corrected chi connectivity index (χ4v) is 3.53. The molecule has 0 spiro atoms. The lowest BCUT2D eigenvalue weighted by Crippen LogP contribution is -2.30. The SMILES string of the molecule is Cc1cc(CN)ccc1S(=O)(=O)NCC1CCOC1. The number of hydrogen-bond acceptors (Lipinski definition) is 4. The van der Waals surface area contributed by atoms with Crippen LogP contribution in [0.2, 0.25) is 0 Å². The molecule has 2 rings (SSSR count). The molecular formula is C13H20N2O3S. The normalized spacial score (nSPS) is 19.8. The van der Waals surface area contributed by atoms with Gasteiger partial charge in [-0.1, -0.05) is 12.1 Å². The molecule has 19 heavy (non-hydrogen) atoms. The number of nitrogens with two attached hydrogens (primary N) is 1. The quantitative estimate of drug-likeness (QED) is 0.837. The minimum atomic E-state index is -3.45. The minimum absolute atomic E-state index is 0.276. The Morgan fingerprint density at radius 3 is 2.84 bits per heavy atom. The number of rotatable bonds is 5. The van der Waals surface area contributed by atoms with Crippen molar-refractivity contribution >= 4 is 10.0 Å². The summed E-state index contributed by atoms with van der Waals surface area (Å²) in [4.78, 5) is 0.323. The zero-order valence-electron chi connectivity index (χ0n) is 11.1. The monoisotopic (exact) mass is 284 g/mol. The van der Waals surface area contributed by atoms with E-state index in [1.165, 1.54) is 0 Å². The molecule has 1 heterocycles. The van der Waals surface area contributed by atoms with E-state index < -0.39 is 10.0 Å². The van der Waals surface area contributed by atoms with E-state index in [0.29, 0.717) is 24.6 Å². The van der Waals surface area contributed by atoms with Gasteiger partial charge in [0.25, 0.3) is 0 Å². The van der Waals surface area contributed by atoms with Gasteiger partial charge in [-0.3, -0.25) is 0 Å². The average Bonchev–Trinajstić information content (AvgIpc) is 2.89. The molecule has 0 amide bonds. The fourth-order valence-electron chi connectivity index (χ4n) is 2.19. The van der Waals surface area contributed by atoms with Gasteiger partial charge in [-0.25, -0.2) is 13.1 Å². The molecule has 0 aliphatic carbocycles. The molecule has 1 aromatic rings. The number of hydrogen-bond donors (Lipinski definition) is 2. The van der Waals surface area contributed by atoms with E-state index in [2.05, 4.69) is 4.72 Å². The van der Waals surface area contributed by atoms with E-state index in [1.807, 2.05) is 6.07 Å². The van der Waals surface area contributed by atoms with Crippen LogP contribution in [-0.2, 0) is 21.3 Å². The molecular weight excluding hydrogens is 264 g/mol. The zero-order chi connectivity index (χ0) is 13.9. The topological polar surface area (TPSA) is 81.4 Å². The van der Waals surface area contributed by atoms with E-state index in [-0.39, 0.29) is 5.92 Å². The summed E-state index contributed by atoms with van der Waals surface area (Å²) in [5.74, 6) is 0.276. The maximum Gasteiger partial charge on any atom is 0.240 e. The van der Waals surface area contributed by atoms with Crippen LogP contribution in [0.4, 0.5) is 0 Å². The van der Waals surface area contributed by atoms with E-state index in [9.17, 15) is 8.42 Å². The van der Waals surface area contributed by atoms with Gasteiger partial charge >= 0.3 is 0 Å². The van der Waals surface area contributed by atoms with Gasteiger partial charge in [-0.05, 0) is 36.5 Å². The molecule has 6 heteroatoms. The highest BCUT2D eigenvalue weighted by Gasteiger charge is 2.21. The Hall–Kier alpha value is -0.950. The first-order valence-corrected chi connectivity index (χ1v) is 7.88. The predicted octanol–water partition coefficient (Wildman–Crippen LogP) is 0.769. The Morgan fingerprint density at radius 1 is 1.47 bits per heavy atom. The maximum atomic E-state index is 12.2. The van der Waals surface area contributed by atoms with Gasteiger partial charge in [-0.2, -0.15) is 0 Å². The average molecular weight is 284 g/mol. The third-order valence-electron chi connectivity index (χ3n) is 3.35. The van der Waals surface area contributed by atoms with Crippen molar-refractivity contribution in [1.82, 2.24) is 4.72 Å². The van der Waals surface area contributed by atoms with Crippen LogP contribution in [0, 0.1) is 12.8 Å². The molecule has 0 aromatic heterocycles. The molecule has 5 nitrogen and oxygen atoms in total. The molecule has 0 saturated carbocycles. The summed E-state index contributed by atoms with van der Waals surface area (Å²) in [6.45, 7) is 3.98. The number of sulfonamides is 1. The summed E-state index contributed by atoms with van der Waals surface area (Å²) < 4.78 is 32.3. The molecule has 1 atom stereocenters. The minimum Gasteiger partial charge on any atom is -0.381 e. The maximum absolute atomic E-state index is 12.2. The third kappa shape index (κ3) is 3.54. The first-order chi connectivity index (χ1) is 9.03. The Morgan fingerprint density at radius 2 is 2.26 bits per heavy atom. The molecule has 1 saturated heterocycles. The molecule has 1 aromatic carbocycles. The lowest BCUT2D eigenvalue weighted by atomic mass is 10.1. The molecule has 1 fully saturated rings. The number of ether oxygens (including phenoxy) is 1. The van der Waals surface area contributed by atoms with Crippen molar-refractivity contribution in [3.05, 3.63) is 29.3 Å². The van der Waals surface area contributed by atoms with Crippen molar-refractivity contribution in [3.63, 3.8) is 0 Å². The van der Waals surface area contributed by atoms with Gasteiger partial charge in [0.05, 0.1) is 11.5 Å². The molecule has 106 valence electrons. The van der Waals surface area contributed by atoms with Crippen molar-refractivity contribution in [2.24, 2.45) is 11.7 Å². The van der Waals surface area contributed by atoms with Crippen LogP contribution in [0.3, 0.4) is 0 Å². The standard InChI is InChI=1S/C13H20N2O3S/c1-10-6-11(7-14)2-3-13(10)19(16,17)15-8-12-4-5-18-9-12/h2-3,6,12,15H,4-5,7-9,14H2,1H3. The van der Waals surface area contributed by atoms with Crippen molar-refractivity contribution in [2.75, 3.05) is 19.8 Å². The Balaban J connectivity index is 2.10. The van der Waals surface area contributed by atoms with Crippen LogP contribution in [0.25, 0.3) is 0 Å².